The lowest BCUT2D eigenvalue weighted by molar-refractivity contribution is -0.119. The van der Waals surface area contributed by atoms with Crippen LogP contribution in [-0.4, -0.2) is 26.6 Å². The number of unbranched alkanes of at least 4 members (excludes halogenated alkanes) is 2. The van der Waals surface area contributed by atoms with Crippen LogP contribution in [0.5, 0.6) is 0 Å². The molecule has 4 rings (SSSR count). The van der Waals surface area contributed by atoms with E-state index >= 15 is 0 Å². The average Bonchev–Trinajstić information content (AvgIpc) is 3.49. The number of benzene rings is 1. The third-order valence-electron chi connectivity index (χ3n) is 5.21. The molecule has 0 saturated heterocycles. The van der Waals surface area contributed by atoms with Gasteiger partial charge in [-0.15, -0.1) is 11.3 Å². The van der Waals surface area contributed by atoms with Gasteiger partial charge < -0.3 is 9.73 Å². The standard InChI is InChI=1S/C24H25N5O4S/c1-3-4-7-12-29-23(32)18-9-6-5-8-17(18)21(28-29)22(31)27-24-26-19(14-34-24)20-11-10-16(33-20)13-25-15(2)30/h5-6,8-11,14H,3-4,7,12-13H2,1-2H3,(H,25,30)(H,26,27,31). The average molecular weight is 480 g/mol. The second kappa shape index (κ2) is 10.4. The predicted octanol–water partition coefficient (Wildman–Crippen LogP) is 4.19. The van der Waals surface area contributed by atoms with Crippen LogP contribution in [0.25, 0.3) is 22.2 Å². The maximum absolute atomic E-state index is 13.1. The molecule has 176 valence electrons. The molecule has 2 amide bonds. The summed E-state index contributed by atoms with van der Waals surface area (Å²) in [5.41, 5.74) is 0.545. The zero-order chi connectivity index (χ0) is 24.1. The number of aryl methyl sites for hydroxylation is 1. The summed E-state index contributed by atoms with van der Waals surface area (Å²) in [5, 5.41) is 13.0. The number of fused-ring (bicyclic) bond motifs is 1. The van der Waals surface area contributed by atoms with Gasteiger partial charge in [0, 0.05) is 24.2 Å². The molecule has 0 bridgehead atoms. The van der Waals surface area contributed by atoms with Gasteiger partial charge in [0.1, 0.15) is 11.5 Å². The van der Waals surface area contributed by atoms with E-state index in [1.165, 1.54) is 22.9 Å². The van der Waals surface area contributed by atoms with E-state index in [0.29, 0.717) is 39.7 Å². The number of hydrogen-bond donors (Lipinski definition) is 2. The van der Waals surface area contributed by atoms with Crippen molar-refractivity contribution in [2.75, 3.05) is 5.32 Å². The molecule has 1 aromatic carbocycles. The lowest BCUT2D eigenvalue weighted by Crippen LogP contribution is -2.27. The maximum atomic E-state index is 13.1. The van der Waals surface area contributed by atoms with Crippen molar-refractivity contribution in [3.8, 4) is 11.5 Å². The first-order chi connectivity index (χ1) is 16.5. The predicted molar refractivity (Wildman–Crippen MR) is 131 cm³/mol. The van der Waals surface area contributed by atoms with Crippen LogP contribution in [0.3, 0.4) is 0 Å². The first kappa shape index (κ1) is 23.4. The Labute approximate surface area is 199 Å². The van der Waals surface area contributed by atoms with Crippen molar-refractivity contribution < 1.29 is 14.0 Å². The number of rotatable bonds is 9. The van der Waals surface area contributed by atoms with Crippen molar-refractivity contribution in [3.05, 3.63) is 63.6 Å². The van der Waals surface area contributed by atoms with E-state index in [9.17, 15) is 14.4 Å². The molecule has 3 heterocycles. The summed E-state index contributed by atoms with van der Waals surface area (Å²) in [5.74, 6) is 0.552. The zero-order valence-corrected chi connectivity index (χ0v) is 19.8. The maximum Gasteiger partial charge on any atom is 0.278 e. The van der Waals surface area contributed by atoms with Gasteiger partial charge >= 0.3 is 0 Å². The number of anilines is 1. The minimum Gasteiger partial charge on any atom is -0.458 e. The first-order valence-corrected chi connectivity index (χ1v) is 11.9. The van der Waals surface area contributed by atoms with Crippen LogP contribution < -0.4 is 16.2 Å². The third-order valence-corrected chi connectivity index (χ3v) is 5.96. The van der Waals surface area contributed by atoms with Gasteiger partial charge in [0.25, 0.3) is 11.5 Å². The first-order valence-electron chi connectivity index (χ1n) is 11.1. The number of nitrogens with one attached hydrogen (secondary N) is 2. The Balaban J connectivity index is 1.56. The highest BCUT2D eigenvalue weighted by atomic mass is 32.1. The minimum atomic E-state index is -0.438. The zero-order valence-electron chi connectivity index (χ0n) is 19.0. The molecule has 0 atom stereocenters. The summed E-state index contributed by atoms with van der Waals surface area (Å²) in [6.45, 7) is 4.27. The summed E-state index contributed by atoms with van der Waals surface area (Å²) < 4.78 is 7.10. The second-order valence-corrected chi connectivity index (χ2v) is 8.66. The number of carbonyl (C=O) groups is 2. The monoisotopic (exact) mass is 479 g/mol. The van der Waals surface area contributed by atoms with E-state index < -0.39 is 5.91 Å². The van der Waals surface area contributed by atoms with Gasteiger partial charge in [-0.1, -0.05) is 38.0 Å². The molecule has 0 aliphatic carbocycles. The molecule has 0 unspecified atom stereocenters. The van der Waals surface area contributed by atoms with Gasteiger partial charge in [-0.3, -0.25) is 19.7 Å². The van der Waals surface area contributed by atoms with E-state index in [4.69, 9.17) is 4.42 Å². The van der Waals surface area contributed by atoms with Crippen LogP contribution in [0.4, 0.5) is 5.13 Å². The molecule has 4 aromatic rings. The molecule has 9 nitrogen and oxygen atoms in total. The molecule has 0 fully saturated rings. The van der Waals surface area contributed by atoms with Crippen LogP contribution >= 0.6 is 11.3 Å². The molecule has 0 aliphatic heterocycles. The molecule has 34 heavy (non-hydrogen) atoms. The number of aromatic nitrogens is 3. The highest BCUT2D eigenvalue weighted by Crippen LogP contribution is 2.27. The van der Waals surface area contributed by atoms with Gasteiger partial charge in [-0.25, -0.2) is 9.67 Å². The number of furan rings is 1. The fourth-order valence-electron chi connectivity index (χ4n) is 3.49. The van der Waals surface area contributed by atoms with Gasteiger partial charge in [0.15, 0.2) is 16.6 Å². The van der Waals surface area contributed by atoms with Gasteiger partial charge in [-0.2, -0.15) is 5.10 Å². The summed E-state index contributed by atoms with van der Waals surface area (Å²) in [7, 11) is 0. The Kier molecular flexibility index (Phi) is 7.17. The molecule has 0 aliphatic rings. The Morgan fingerprint density at radius 1 is 1.12 bits per heavy atom. The highest BCUT2D eigenvalue weighted by molar-refractivity contribution is 7.14. The molecular weight excluding hydrogens is 454 g/mol. The van der Waals surface area contributed by atoms with Crippen LogP contribution in [0, 0.1) is 0 Å². The Morgan fingerprint density at radius 3 is 2.68 bits per heavy atom. The van der Waals surface area contributed by atoms with Crippen molar-refractivity contribution >= 4 is 39.1 Å². The van der Waals surface area contributed by atoms with Gasteiger partial charge in [0.2, 0.25) is 5.91 Å². The lowest BCUT2D eigenvalue weighted by Gasteiger charge is -2.10. The molecule has 0 saturated carbocycles. The molecule has 2 N–H and O–H groups in total. The lowest BCUT2D eigenvalue weighted by atomic mass is 10.1. The molecular formula is C24H25N5O4S. The largest absolute Gasteiger partial charge is 0.458 e. The summed E-state index contributed by atoms with van der Waals surface area (Å²) >= 11 is 1.26. The SMILES string of the molecule is CCCCCn1nc(C(=O)Nc2nc(-c3ccc(CNC(C)=O)o3)cs2)c2ccccc2c1=O. The van der Waals surface area contributed by atoms with E-state index in [1.807, 2.05) is 0 Å². The highest BCUT2D eigenvalue weighted by Gasteiger charge is 2.18. The third kappa shape index (κ3) is 5.23. The Morgan fingerprint density at radius 2 is 1.91 bits per heavy atom. The van der Waals surface area contributed by atoms with Gasteiger partial charge in [0.05, 0.1) is 11.9 Å². The minimum absolute atomic E-state index is 0.144. The van der Waals surface area contributed by atoms with Crippen molar-refractivity contribution in [3.63, 3.8) is 0 Å². The van der Waals surface area contributed by atoms with Gasteiger partial charge in [-0.05, 0) is 24.6 Å². The van der Waals surface area contributed by atoms with Crippen molar-refractivity contribution in [1.82, 2.24) is 20.1 Å². The van der Waals surface area contributed by atoms with Crippen molar-refractivity contribution in [1.29, 1.82) is 0 Å². The normalized spacial score (nSPS) is 11.0. The number of hydrogen-bond acceptors (Lipinski definition) is 7. The summed E-state index contributed by atoms with van der Waals surface area (Å²) in [4.78, 5) is 41.5. The van der Waals surface area contributed by atoms with Crippen molar-refractivity contribution in [2.45, 2.75) is 46.2 Å². The number of thiazole rings is 1. The topological polar surface area (TPSA) is 119 Å². The second-order valence-electron chi connectivity index (χ2n) is 7.80. The van der Waals surface area contributed by atoms with Crippen LogP contribution in [0.15, 0.2) is 51.0 Å². The molecule has 0 spiro atoms. The smallest absolute Gasteiger partial charge is 0.278 e. The van der Waals surface area contributed by atoms with Crippen LogP contribution in [0.1, 0.15) is 49.4 Å². The number of amides is 2. The summed E-state index contributed by atoms with van der Waals surface area (Å²) in [6, 6.07) is 10.5. The molecule has 3 aromatic heterocycles. The summed E-state index contributed by atoms with van der Waals surface area (Å²) in [6.07, 6.45) is 2.81. The fraction of sp³-hybridized carbons (Fsp3) is 0.292. The Hall–Kier alpha value is -3.79. The number of nitrogens with zero attached hydrogens (tertiary/aromatic N) is 3. The molecule has 0 radical (unpaired) electrons. The number of carbonyl (C=O) groups excluding carboxylic acids is 2. The van der Waals surface area contributed by atoms with Crippen LogP contribution in [-0.2, 0) is 17.9 Å². The molecule has 10 heteroatoms. The van der Waals surface area contributed by atoms with E-state index in [1.54, 1.807) is 41.8 Å². The van der Waals surface area contributed by atoms with Crippen molar-refractivity contribution in [2.24, 2.45) is 0 Å². The quantitative estimate of drug-likeness (QED) is 0.348. The fourth-order valence-corrected chi connectivity index (χ4v) is 4.18. The van der Waals surface area contributed by atoms with E-state index in [-0.39, 0.29) is 23.7 Å². The van der Waals surface area contributed by atoms with E-state index in [0.717, 1.165) is 19.3 Å². The van der Waals surface area contributed by atoms with E-state index in [2.05, 4.69) is 27.6 Å². The van der Waals surface area contributed by atoms with Crippen LogP contribution in [0.2, 0.25) is 0 Å². The Bertz CT molecular complexity index is 1390.